The molecule has 0 amide bonds. The molecular formula is C14H20ClN3. The average molecular weight is 266 g/mol. The molecule has 4 heteroatoms. The number of anilines is 1. The van der Waals surface area contributed by atoms with E-state index in [9.17, 15) is 0 Å². The van der Waals surface area contributed by atoms with Gasteiger partial charge in [0.05, 0.1) is 11.9 Å². The predicted octanol–water partition coefficient (Wildman–Crippen LogP) is 3.08. The molecule has 3 rings (SSSR count). The minimum atomic E-state index is 0.544. The number of hydrogen-bond acceptors (Lipinski definition) is 3. The molecule has 98 valence electrons. The molecule has 2 fully saturated rings. The Hall–Kier alpha value is -0.800. The summed E-state index contributed by atoms with van der Waals surface area (Å²) in [5.41, 5.74) is 2.12. The third kappa shape index (κ3) is 2.47. The smallest absolute Gasteiger partial charge is 0.132 e. The minimum Gasteiger partial charge on any atom is -0.380 e. The number of hydrogen-bond donors (Lipinski definition) is 1. The molecule has 3 nitrogen and oxygen atoms in total. The van der Waals surface area contributed by atoms with Crippen LogP contribution in [0.15, 0.2) is 12.3 Å². The van der Waals surface area contributed by atoms with E-state index in [1.54, 1.807) is 0 Å². The number of aryl methyl sites for hydroxylation is 1. The van der Waals surface area contributed by atoms with Gasteiger partial charge in [-0.3, -0.25) is 4.90 Å². The maximum absolute atomic E-state index is 5.95. The molecule has 1 aliphatic heterocycles. The number of rotatable bonds is 3. The number of aromatic nitrogens is 1. The van der Waals surface area contributed by atoms with E-state index in [4.69, 9.17) is 11.6 Å². The van der Waals surface area contributed by atoms with Crippen LogP contribution < -0.4 is 5.32 Å². The zero-order chi connectivity index (χ0) is 12.7. The first-order chi connectivity index (χ1) is 8.63. The Morgan fingerprint density at radius 1 is 1.44 bits per heavy atom. The zero-order valence-corrected chi connectivity index (χ0v) is 11.7. The summed E-state index contributed by atoms with van der Waals surface area (Å²) in [7, 11) is 0. The van der Waals surface area contributed by atoms with Crippen LogP contribution in [-0.2, 0) is 0 Å². The van der Waals surface area contributed by atoms with Crippen molar-refractivity contribution < 1.29 is 0 Å². The number of pyridine rings is 1. The van der Waals surface area contributed by atoms with Crippen molar-refractivity contribution >= 4 is 17.3 Å². The van der Waals surface area contributed by atoms with Crippen molar-refractivity contribution in [1.29, 1.82) is 0 Å². The van der Waals surface area contributed by atoms with Gasteiger partial charge in [-0.15, -0.1) is 0 Å². The van der Waals surface area contributed by atoms with Crippen LogP contribution in [0.2, 0.25) is 5.15 Å². The normalized spacial score (nSPS) is 28.6. The Kier molecular flexibility index (Phi) is 3.20. The largest absolute Gasteiger partial charge is 0.380 e. The van der Waals surface area contributed by atoms with Crippen molar-refractivity contribution in [2.75, 3.05) is 11.9 Å². The van der Waals surface area contributed by atoms with Crippen LogP contribution in [0.5, 0.6) is 0 Å². The van der Waals surface area contributed by atoms with Crippen molar-refractivity contribution in [2.24, 2.45) is 0 Å². The van der Waals surface area contributed by atoms with E-state index in [2.05, 4.69) is 28.2 Å². The Balaban J connectivity index is 1.64. The number of likely N-dealkylation sites (tertiary alicyclic amines) is 1. The van der Waals surface area contributed by atoms with Gasteiger partial charge in [0.1, 0.15) is 5.15 Å². The van der Waals surface area contributed by atoms with Gasteiger partial charge < -0.3 is 5.32 Å². The second kappa shape index (κ2) is 4.71. The Bertz CT molecular complexity index is 445. The van der Waals surface area contributed by atoms with Crippen molar-refractivity contribution in [3.63, 3.8) is 0 Å². The van der Waals surface area contributed by atoms with Gasteiger partial charge in [-0.1, -0.05) is 11.6 Å². The van der Waals surface area contributed by atoms with Crippen molar-refractivity contribution in [2.45, 2.75) is 51.2 Å². The molecule has 0 radical (unpaired) electrons. The van der Waals surface area contributed by atoms with E-state index in [1.807, 2.05) is 13.1 Å². The van der Waals surface area contributed by atoms with Crippen LogP contribution in [0.25, 0.3) is 0 Å². The van der Waals surface area contributed by atoms with Gasteiger partial charge in [0.2, 0.25) is 0 Å². The van der Waals surface area contributed by atoms with Gasteiger partial charge in [0, 0.05) is 24.7 Å². The molecule has 0 spiro atoms. The highest BCUT2D eigenvalue weighted by molar-refractivity contribution is 6.30. The second-order valence-electron chi connectivity index (χ2n) is 5.69. The lowest BCUT2D eigenvalue weighted by Crippen LogP contribution is -2.31. The van der Waals surface area contributed by atoms with E-state index in [1.165, 1.54) is 19.3 Å². The quantitative estimate of drug-likeness (QED) is 0.852. The first-order valence-electron chi connectivity index (χ1n) is 6.78. The third-order valence-corrected chi connectivity index (χ3v) is 4.42. The van der Waals surface area contributed by atoms with Crippen molar-refractivity contribution in [1.82, 2.24) is 9.88 Å². The summed E-state index contributed by atoms with van der Waals surface area (Å²) in [6, 6.07) is 4.19. The maximum atomic E-state index is 5.95. The van der Waals surface area contributed by atoms with Gasteiger partial charge >= 0.3 is 0 Å². The molecule has 1 N–H and O–H groups in total. The predicted molar refractivity (Wildman–Crippen MR) is 75.2 cm³/mol. The third-order valence-electron chi connectivity index (χ3n) is 4.02. The number of nitrogens with zero attached hydrogens (tertiary/aromatic N) is 2. The summed E-state index contributed by atoms with van der Waals surface area (Å²) in [6.45, 7) is 5.49. The van der Waals surface area contributed by atoms with Crippen LogP contribution >= 0.6 is 11.6 Å². The zero-order valence-electron chi connectivity index (χ0n) is 11.0. The van der Waals surface area contributed by atoms with Crippen LogP contribution in [0.3, 0.4) is 0 Å². The fourth-order valence-corrected chi connectivity index (χ4v) is 3.05. The standard InChI is InChI=1S/C14H20ClN3/c1-9-5-11(7-16-14(9)15)17-12-6-10(2)18(8-12)13-3-4-13/h5,7,10,12-13,17H,3-4,6,8H2,1-2H3. The monoisotopic (exact) mass is 265 g/mol. The van der Waals surface area contributed by atoms with Gasteiger partial charge in [-0.2, -0.15) is 0 Å². The second-order valence-corrected chi connectivity index (χ2v) is 6.04. The molecule has 2 aliphatic rings. The molecule has 1 aliphatic carbocycles. The van der Waals surface area contributed by atoms with Crippen LogP contribution in [0.4, 0.5) is 5.69 Å². The van der Waals surface area contributed by atoms with E-state index >= 15 is 0 Å². The Labute approximate surface area is 114 Å². The highest BCUT2D eigenvalue weighted by atomic mass is 35.5. The summed E-state index contributed by atoms with van der Waals surface area (Å²) >= 11 is 5.95. The molecule has 18 heavy (non-hydrogen) atoms. The van der Waals surface area contributed by atoms with Gasteiger partial charge in [0.25, 0.3) is 0 Å². The number of halogens is 1. The molecule has 1 saturated heterocycles. The highest BCUT2D eigenvalue weighted by Gasteiger charge is 2.38. The summed E-state index contributed by atoms with van der Waals surface area (Å²) in [5.74, 6) is 0. The van der Waals surface area contributed by atoms with Crippen molar-refractivity contribution in [3.05, 3.63) is 23.0 Å². The van der Waals surface area contributed by atoms with Gasteiger partial charge in [0.15, 0.2) is 0 Å². The lowest BCUT2D eigenvalue weighted by Gasteiger charge is -2.20. The topological polar surface area (TPSA) is 28.2 Å². The lowest BCUT2D eigenvalue weighted by atomic mass is 10.2. The average Bonchev–Trinajstić information content (AvgIpc) is 3.09. The first-order valence-corrected chi connectivity index (χ1v) is 7.15. The highest BCUT2D eigenvalue weighted by Crippen LogP contribution is 2.34. The maximum Gasteiger partial charge on any atom is 0.132 e. The summed E-state index contributed by atoms with van der Waals surface area (Å²) in [4.78, 5) is 6.84. The Morgan fingerprint density at radius 2 is 2.22 bits per heavy atom. The molecule has 2 atom stereocenters. The number of nitrogens with one attached hydrogen (secondary N) is 1. The Morgan fingerprint density at radius 3 is 2.89 bits per heavy atom. The molecule has 1 saturated carbocycles. The van der Waals surface area contributed by atoms with Gasteiger partial charge in [-0.25, -0.2) is 4.98 Å². The van der Waals surface area contributed by atoms with Crippen LogP contribution in [0.1, 0.15) is 31.7 Å². The van der Waals surface area contributed by atoms with E-state index in [-0.39, 0.29) is 0 Å². The summed E-state index contributed by atoms with van der Waals surface area (Å²) in [6.07, 6.45) is 5.83. The van der Waals surface area contributed by atoms with E-state index < -0.39 is 0 Å². The fourth-order valence-electron chi connectivity index (χ4n) is 2.95. The molecule has 1 aromatic heterocycles. The fraction of sp³-hybridized carbons (Fsp3) is 0.643. The molecule has 2 unspecified atom stereocenters. The van der Waals surface area contributed by atoms with Crippen molar-refractivity contribution in [3.8, 4) is 0 Å². The molecule has 0 aromatic carbocycles. The van der Waals surface area contributed by atoms with Crippen LogP contribution in [-0.4, -0.2) is 34.6 Å². The minimum absolute atomic E-state index is 0.544. The molecule has 1 aromatic rings. The SMILES string of the molecule is Cc1cc(NC2CC(C)N(C3CC3)C2)cnc1Cl. The van der Waals surface area contributed by atoms with E-state index in [0.29, 0.717) is 17.2 Å². The lowest BCUT2D eigenvalue weighted by molar-refractivity contribution is 0.257. The first kappa shape index (κ1) is 12.2. The summed E-state index contributed by atoms with van der Waals surface area (Å²) < 4.78 is 0. The summed E-state index contributed by atoms with van der Waals surface area (Å²) in [5, 5.41) is 4.19. The molecule has 0 bridgehead atoms. The molecule has 2 heterocycles. The molecular weight excluding hydrogens is 246 g/mol. The van der Waals surface area contributed by atoms with Gasteiger partial charge in [-0.05, 0) is 44.7 Å². The van der Waals surface area contributed by atoms with Crippen LogP contribution in [0, 0.1) is 6.92 Å². The van der Waals surface area contributed by atoms with E-state index in [0.717, 1.165) is 23.8 Å².